The van der Waals surface area contributed by atoms with E-state index in [1.807, 2.05) is 48.5 Å². The SMILES string of the molecule is CC/C=C\C[C@@H](C)C[C@@H](OC)[C@@H](COCc1ccc(OC)cc1)OCOC.CCC.CCOC(=O)[C@@H]1OC(C)(C)O[C@@H]1C[C@@H](C)C[C@@H](OC)[C@@H](COCc1ccc(OC)cc1)OCOC.O=C=O. The van der Waals surface area contributed by atoms with Crippen molar-refractivity contribution in [3.05, 3.63) is 71.8 Å². The molecular formula is C52H86O16. The van der Waals surface area contributed by atoms with Gasteiger partial charge in [0.2, 0.25) is 0 Å². The Bertz CT molecular complexity index is 1560. The van der Waals surface area contributed by atoms with Crippen molar-refractivity contribution in [2.24, 2.45) is 11.8 Å². The van der Waals surface area contributed by atoms with Crippen LogP contribution in [0, 0.1) is 11.8 Å². The first-order chi connectivity index (χ1) is 32.7. The number of hydrogen-bond acceptors (Lipinski definition) is 16. The monoisotopic (exact) mass is 967 g/mol. The van der Waals surface area contributed by atoms with Crippen molar-refractivity contribution in [3.8, 4) is 11.5 Å². The van der Waals surface area contributed by atoms with E-state index in [0.717, 1.165) is 41.9 Å². The molecule has 0 radical (unpaired) electrons. The van der Waals surface area contributed by atoms with E-state index in [0.29, 0.717) is 51.8 Å². The molecular weight excluding hydrogens is 881 g/mol. The lowest BCUT2D eigenvalue weighted by atomic mass is 9.93. The summed E-state index contributed by atoms with van der Waals surface area (Å²) in [4.78, 5) is 28.6. The largest absolute Gasteiger partial charge is 0.497 e. The van der Waals surface area contributed by atoms with E-state index in [2.05, 4.69) is 46.8 Å². The van der Waals surface area contributed by atoms with E-state index < -0.39 is 24.0 Å². The van der Waals surface area contributed by atoms with Gasteiger partial charge in [-0.05, 0) is 100 Å². The molecule has 0 N–H and O–H groups in total. The maximum atomic E-state index is 12.4. The topological polar surface area (TPSA) is 171 Å². The molecule has 0 spiro atoms. The highest BCUT2D eigenvalue weighted by Crippen LogP contribution is 2.34. The highest BCUT2D eigenvalue weighted by molar-refractivity contribution is 5.75. The van der Waals surface area contributed by atoms with Gasteiger partial charge in [-0.2, -0.15) is 9.59 Å². The van der Waals surface area contributed by atoms with E-state index in [-0.39, 0.29) is 50.1 Å². The predicted molar refractivity (Wildman–Crippen MR) is 258 cm³/mol. The summed E-state index contributed by atoms with van der Waals surface area (Å²) in [7, 11) is 9.88. The van der Waals surface area contributed by atoms with Crippen LogP contribution in [0.25, 0.3) is 0 Å². The van der Waals surface area contributed by atoms with E-state index >= 15 is 0 Å². The number of carbonyl (C=O) groups excluding carboxylic acids is 3. The smallest absolute Gasteiger partial charge is 0.373 e. The lowest BCUT2D eigenvalue weighted by Gasteiger charge is -2.29. The minimum absolute atomic E-state index is 0.0407. The van der Waals surface area contributed by atoms with E-state index in [4.69, 9.17) is 71.2 Å². The summed E-state index contributed by atoms with van der Waals surface area (Å²) in [5.41, 5.74) is 2.12. The predicted octanol–water partition coefficient (Wildman–Crippen LogP) is 9.15. The van der Waals surface area contributed by atoms with Crippen LogP contribution in [0.4, 0.5) is 0 Å². The van der Waals surface area contributed by atoms with E-state index in [9.17, 15) is 4.79 Å². The minimum atomic E-state index is -0.845. The van der Waals surface area contributed by atoms with Gasteiger partial charge in [-0.25, -0.2) is 4.79 Å². The maximum absolute atomic E-state index is 12.4. The third kappa shape index (κ3) is 28.7. The number of rotatable bonds is 31. The number of hydrogen-bond donors (Lipinski definition) is 0. The minimum Gasteiger partial charge on any atom is -0.497 e. The fraction of sp³-hybridized carbons (Fsp3) is 0.692. The molecule has 0 aliphatic carbocycles. The van der Waals surface area contributed by atoms with Crippen LogP contribution in [0.2, 0.25) is 0 Å². The Morgan fingerprint density at radius 2 is 1.12 bits per heavy atom. The summed E-state index contributed by atoms with van der Waals surface area (Å²) >= 11 is 0. The first-order valence-electron chi connectivity index (χ1n) is 23.5. The molecule has 1 saturated heterocycles. The fourth-order valence-corrected chi connectivity index (χ4v) is 6.97. The Kier molecular flexibility index (Phi) is 37.8. The Balaban J connectivity index is 0.00000121. The van der Waals surface area contributed by atoms with Crippen molar-refractivity contribution in [2.45, 2.75) is 150 Å². The van der Waals surface area contributed by atoms with Crippen molar-refractivity contribution in [3.63, 3.8) is 0 Å². The molecule has 1 fully saturated rings. The number of ether oxygens (including phenoxy) is 13. The second-order valence-corrected chi connectivity index (χ2v) is 16.7. The zero-order chi connectivity index (χ0) is 51.2. The molecule has 1 aliphatic rings. The van der Waals surface area contributed by atoms with Crippen molar-refractivity contribution >= 4 is 12.1 Å². The van der Waals surface area contributed by atoms with Gasteiger partial charge in [0.05, 0.1) is 65.6 Å². The summed E-state index contributed by atoms with van der Waals surface area (Å²) in [5.74, 6) is 1.05. The van der Waals surface area contributed by atoms with Crippen LogP contribution in [-0.4, -0.2) is 131 Å². The van der Waals surface area contributed by atoms with Gasteiger partial charge in [0, 0.05) is 28.4 Å². The molecule has 1 aliphatic heterocycles. The fourth-order valence-electron chi connectivity index (χ4n) is 6.97. The highest BCUT2D eigenvalue weighted by Gasteiger charge is 2.46. The van der Waals surface area contributed by atoms with E-state index in [1.165, 1.54) is 6.42 Å². The van der Waals surface area contributed by atoms with Crippen molar-refractivity contribution in [2.75, 3.05) is 76.1 Å². The molecule has 68 heavy (non-hydrogen) atoms. The van der Waals surface area contributed by atoms with E-state index in [1.54, 1.807) is 63.4 Å². The average molecular weight is 967 g/mol. The standard InChI is InChI=1S/C26H42O9.C22H36O5.C3H8.CO2/c1-8-32-25(27)24-22(34-26(3,4)35-24)14-18(2)13-21(30-7)23(33-17-28-5)16-31-15-19-9-11-20(29-6)12-10-19;1-6-7-8-9-18(2)14-21(25-5)22(27-17-23-3)16-26-15-19-10-12-20(24-4)13-11-19;1-3-2;2-1-3/h9-12,18,21-24H,8,13-17H2,1-7H3;7-8,10-13,18,21-22H,6,9,14-17H2,1-5H3;3H2,1-2H3;/b;8-7-;;/t18-,21+,22+,23+,24+;18-,21-,22-;;/m01../s1. The first-order valence-corrected chi connectivity index (χ1v) is 23.5. The number of esters is 1. The van der Waals surface area contributed by atoms with Gasteiger partial charge >= 0.3 is 12.1 Å². The molecule has 1 heterocycles. The zero-order valence-corrected chi connectivity index (χ0v) is 43.6. The molecule has 8 atom stereocenters. The second kappa shape index (κ2) is 40.0. The molecule has 2 aromatic carbocycles. The molecule has 3 rings (SSSR count). The van der Waals surface area contributed by atoms with Crippen LogP contribution in [0.1, 0.15) is 105 Å². The van der Waals surface area contributed by atoms with Gasteiger partial charge in [0.25, 0.3) is 0 Å². The molecule has 16 nitrogen and oxygen atoms in total. The number of carbonyl (C=O) groups is 1. The van der Waals surface area contributed by atoms with Crippen LogP contribution >= 0.6 is 0 Å². The van der Waals surface area contributed by atoms with Gasteiger partial charge in [-0.3, -0.25) is 0 Å². The zero-order valence-electron chi connectivity index (χ0n) is 43.6. The number of methoxy groups -OCH3 is 6. The molecule has 0 saturated carbocycles. The molecule has 2 aromatic rings. The molecule has 0 amide bonds. The molecule has 0 aromatic heterocycles. The Labute approximate surface area is 407 Å². The normalized spacial score (nSPS) is 17.6. The summed E-state index contributed by atoms with van der Waals surface area (Å²) in [5, 5.41) is 0. The second-order valence-electron chi connectivity index (χ2n) is 16.7. The number of benzene rings is 2. The lowest BCUT2D eigenvalue weighted by Crippen LogP contribution is -2.38. The van der Waals surface area contributed by atoms with Crippen LogP contribution in [-0.2, 0) is 79.7 Å². The van der Waals surface area contributed by atoms with Crippen LogP contribution in [0.15, 0.2) is 60.7 Å². The summed E-state index contributed by atoms with van der Waals surface area (Å²) in [6.45, 7) is 18.5. The Morgan fingerprint density at radius 3 is 1.50 bits per heavy atom. The van der Waals surface area contributed by atoms with Crippen LogP contribution in [0.5, 0.6) is 11.5 Å². The third-order valence-corrected chi connectivity index (χ3v) is 10.2. The molecule has 0 unspecified atom stereocenters. The van der Waals surface area contributed by atoms with Gasteiger partial charge in [0.15, 0.2) is 11.9 Å². The molecule has 16 heteroatoms. The average Bonchev–Trinajstić information content (AvgIpc) is 3.64. The van der Waals surface area contributed by atoms with Gasteiger partial charge < -0.3 is 61.6 Å². The van der Waals surface area contributed by atoms with Crippen molar-refractivity contribution in [1.82, 2.24) is 0 Å². The van der Waals surface area contributed by atoms with Crippen molar-refractivity contribution < 1.29 is 76.0 Å². The maximum Gasteiger partial charge on any atom is 0.373 e. The van der Waals surface area contributed by atoms with Crippen LogP contribution in [0.3, 0.4) is 0 Å². The quantitative estimate of drug-likeness (QED) is 0.0398. The third-order valence-electron chi connectivity index (χ3n) is 10.2. The summed E-state index contributed by atoms with van der Waals surface area (Å²) in [6.07, 6.45) is 8.29. The van der Waals surface area contributed by atoms with Crippen molar-refractivity contribution in [1.29, 1.82) is 0 Å². The Morgan fingerprint density at radius 1 is 0.676 bits per heavy atom. The summed E-state index contributed by atoms with van der Waals surface area (Å²) in [6, 6.07) is 15.6. The van der Waals surface area contributed by atoms with Gasteiger partial charge in [-0.1, -0.05) is 77.5 Å². The first kappa shape index (κ1) is 64.2. The lowest BCUT2D eigenvalue weighted by molar-refractivity contribution is -0.191. The Hall–Kier alpha value is -3.77. The highest BCUT2D eigenvalue weighted by atomic mass is 16.8. The molecule has 390 valence electrons. The van der Waals surface area contributed by atoms with Gasteiger partial charge in [-0.15, -0.1) is 0 Å². The van der Waals surface area contributed by atoms with Crippen LogP contribution < -0.4 is 9.47 Å². The van der Waals surface area contributed by atoms with Gasteiger partial charge in [0.1, 0.15) is 37.3 Å². The number of allylic oxidation sites excluding steroid dienone is 2. The molecule has 0 bridgehead atoms. The summed E-state index contributed by atoms with van der Waals surface area (Å²) < 4.78 is 72.7.